The zero-order valence-corrected chi connectivity index (χ0v) is 57.8. The first-order valence-corrected chi connectivity index (χ1v) is 36.0. The van der Waals surface area contributed by atoms with E-state index in [4.69, 9.17) is 18.9 Å². The van der Waals surface area contributed by atoms with Crippen LogP contribution < -0.4 is 0 Å². The highest BCUT2D eigenvalue weighted by molar-refractivity contribution is 5.71. The number of rotatable bonds is 65. The molecule has 0 aliphatic heterocycles. The number of quaternary nitrogens is 1. The molecule has 0 amide bonds. The average molecular weight is 1240 g/mol. The van der Waals surface area contributed by atoms with E-state index in [0.29, 0.717) is 23.9 Å². The number of carbonyl (C=O) groups is 3. The van der Waals surface area contributed by atoms with E-state index in [2.05, 4.69) is 160 Å². The van der Waals surface area contributed by atoms with Gasteiger partial charge in [-0.2, -0.15) is 0 Å². The minimum atomic E-state index is -1.52. The molecule has 506 valence electrons. The van der Waals surface area contributed by atoms with Crippen molar-refractivity contribution in [2.24, 2.45) is 0 Å². The molecule has 0 heterocycles. The Hall–Kier alpha value is -4.83. The third-order valence-electron chi connectivity index (χ3n) is 15.1. The van der Waals surface area contributed by atoms with E-state index in [1.54, 1.807) is 0 Å². The number of carboxylic acid groups (broad SMARTS) is 1. The van der Waals surface area contributed by atoms with Gasteiger partial charge in [0.05, 0.1) is 34.4 Å². The average Bonchev–Trinajstić information content (AvgIpc) is 3.64. The SMILES string of the molecule is CC/C=C\C/C=C\C/C=C\C/C=C\C/C=C\C/C=C\C/C=C\C/C=C\CCCCCCCCCCCCCCCCC(=O)OC(COC(=O)CCCCCCCCCCCCCC/C=C\C/C=C\C/C=C\C/C=C\CC)COC(OCC[N+](C)(C)C)C(=O)O. The number of hydrogen-bond donors (Lipinski definition) is 1. The summed E-state index contributed by atoms with van der Waals surface area (Å²) < 4.78 is 23.0. The smallest absolute Gasteiger partial charge is 0.361 e. The van der Waals surface area contributed by atoms with E-state index in [1.165, 1.54) is 135 Å². The van der Waals surface area contributed by atoms with Crippen LogP contribution in [0.1, 0.15) is 284 Å². The van der Waals surface area contributed by atoms with Crippen molar-refractivity contribution in [2.75, 3.05) is 47.5 Å². The van der Waals surface area contributed by atoms with E-state index in [1.807, 2.05) is 21.1 Å². The molecule has 0 saturated heterocycles. The molecular weight excluding hydrogens is 1100 g/mol. The van der Waals surface area contributed by atoms with Gasteiger partial charge >= 0.3 is 17.9 Å². The number of hydrogen-bond acceptors (Lipinski definition) is 7. The minimum absolute atomic E-state index is 0.182. The number of carboxylic acids is 1. The van der Waals surface area contributed by atoms with Gasteiger partial charge in [-0.3, -0.25) is 9.59 Å². The lowest BCUT2D eigenvalue weighted by Gasteiger charge is -2.25. The lowest BCUT2D eigenvalue weighted by atomic mass is 10.0. The van der Waals surface area contributed by atoms with Crippen molar-refractivity contribution in [1.29, 1.82) is 0 Å². The van der Waals surface area contributed by atoms with Crippen molar-refractivity contribution in [1.82, 2.24) is 0 Å². The normalized spacial score (nSPS) is 13.6. The Labute approximate surface area is 547 Å². The van der Waals surface area contributed by atoms with Gasteiger partial charge in [-0.1, -0.05) is 301 Å². The third-order valence-corrected chi connectivity index (χ3v) is 15.1. The molecule has 0 radical (unpaired) electrons. The maximum absolute atomic E-state index is 13.0. The predicted molar refractivity (Wildman–Crippen MR) is 382 cm³/mol. The van der Waals surface area contributed by atoms with Crippen molar-refractivity contribution in [3.8, 4) is 0 Å². The molecule has 2 atom stereocenters. The number of esters is 2. The summed E-state index contributed by atoms with van der Waals surface area (Å²) in [5.74, 6) is -2.01. The van der Waals surface area contributed by atoms with Gasteiger partial charge in [-0.05, 0) is 116 Å². The van der Waals surface area contributed by atoms with Crippen molar-refractivity contribution in [3.63, 3.8) is 0 Å². The summed E-state index contributed by atoms with van der Waals surface area (Å²) in [5.41, 5.74) is 0. The van der Waals surface area contributed by atoms with E-state index >= 15 is 0 Å². The highest BCUT2D eigenvalue weighted by Crippen LogP contribution is 2.17. The van der Waals surface area contributed by atoms with E-state index in [9.17, 15) is 19.5 Å². The number of carbonyl (C=O) groups excluding carboxylic acids is 2. The number of nitrogens with zero attached hydrogens (tertiary/aromatic N) is 1. The van der Waals surface area contributed by atoms with Crippen LogP contribution in [-0.2, 0) is 33.3 Å². The second-order valence-corrected chi connectivity index (χ2v) is 24.8. The van der Waals surface area contributed by atoms with Gasteiger partial charge in [-0.15, -0.1) is 0 Å². The van der Waals surface area contributed by atoms with Crippen LogP contribution in [0.4, 0.5) is 0 Å². The highest BCUT2D eigenvalue weighted by atomic mass is 16.7. The quantitative estimate of drug-likeness (QED) is 0.0211. The Balaban J connectivity index is 4.11. The summed E-state index contributed by atoms with van der Waals surface area (Å²) in [7, 11) is 5.97. The predicted octanol–water partition coefficient (Wildman–Crippen LogP) is 22.7. The first-order chi connectivity index (χ1) is 43.6. The number of allylic oxidation sites excluding steroid dienone is 24. The van der Waals surface area contributed by atoms with Crippen LogP contribution in [0.25, 0.3) is 0 Å². The van der Waals surface area contributed by atoms with Crippen LogP contribution in [0.3, 0.4) is 0 Å². The molecule has 0 bridgehead atoms. The lowest BCUT2D eigenvalue weighted by Crippen LogP contribution is -2.40. The van der Waals surface area contributed by atoms with E-state index < -0.39 is 24.3 Å². The Bertz CT molecular complexity index is 1970. The van der Waals surface area contributed by atoms with Crippen LogP contribution >= 0.6 is 0 Å². The fraction of sp³-hybridized carbons (Fsp3) is 0.662. The van der Waals surface area contributed by atoms with E-state index in [0.717, 1.165) is 116 Å². The Kier molecular flexibility index (Phi) is 65.3. The summed E-state index contributed by atoms with van der Waals surface area (Å²) in [6.45, 7) is 4.66. The Morgan fingerprint density at radius 2 is 0.607 bits per heavy atom. The van der Waals surface area contributed by atoms with Gasteiger partial charge < -0.3 is 28.5 Å². The van der Waals surface area contributed by atoms with Gasteiger partial charge in [0, 0.05) is 12.8 Å². The molecule has 2 unspecified atom stereocenters. The number of unbranched alkanes of at least 4 members (excludes halogenated alkanes) is 26. The molecule has 0 fully saturated rings. The maximum atomic E-state index is 13.0. The first kappa shape index (κ1) is 84.2. The molecule has 0 aliphatic carbocycles. The van der Waals surface area contributed by atoms with Gasteiger partial charge in [0.2, 0.25) is 0 Å². The molecule has 89 heavy (non-hydrogen) atoms. The van der Waals surface area contributed by atoms with Crippen molar-refractivity contribution in [3.05, 3.63) is 146 Å². The van der Waals surface area contributed by atoms with Gasteiger partial charge in [-0.25, -0.2) is 4.79 Å². The topological polar surface area (TPSA) is 108 Å². The Morgan fingerprint density at radius 3 is 0.899 bits per heavy atom. The molecule has 9 heteroatoms. The second-order valence-electron chi connectivity index (χ2n) is 24.8. The molecule has 0 rings (SSSR count). The summed E-state index contributed by atoms with van der Waals surface area (Å²) >= 11 is 0. The van der Waals surface area contributed by atoms with Crippen LogP contribution in [0, 0.1) is 0 Å². The molecule has 0 aromatic carbocycles. The van der Waals surface area contributed by atoms with Gasteiger partial charge in [0.15, 0.2) is 6.10 Å². The minimum Gasteiger partial charge on any atom is -0.477 e. The fourth-order valence-corrected chi connectivity index (χ4v) is 9.67. The lowest BCUT2D eigenvalue weighted by molar-refractivity contribution is -0.870. The molecule has 0 spiro atoms. The largest absolute Gasteiger partial charge is 0.477 e. The second kappa shape index (κ2) is 69.1. The van der Waals surface area contributed by atoms with Crippen molar-refractivity contribution >= 4 is 17.9 Å². The molecule has 0 aliphatic rings. The first-order valence-electron chi connectivity index (χ1n) is 36.0. The number of likely N-dealkylation sites (N-methyl/N-ethyl adjacent to an activating group) is 1. The molecule has 1 N–H and O–H groups in total. The zero-order valence-electron chi connectivity index (χ0n) is 57.8. The number of aliphatic carboxylic acids is 1. The maximum Gasteiger partial charge on any atom is 0.361 e. The van der Waals surface area contributed by atoms with Crippen LogP contribution in [0.2, 0.25) is 0 Å². The monoisotopic (exact) mass is 1240 g/mol. The summed E-state index contributed by atoms with van der Waals surface area (Å²) in [4.78, 5) is 37.7. The number of ether oxygens (including phenoxy) is 4. The zero-order chi connectivity index (χ0) is 64.7. The van der Waals surface area contributed by atoms with Crippen molar-refractivity contribution < 1.29 is 42.9 Å². The van der Waals surface area contributed by atoms with Gasteiger partial charge in [0.25, 0.3) is 6.29 Å². The fourth-order valence-electron chi connectivity index (χ4n) is 9.67. The summed E-state index contributed by atoms with van der Waals surface area (Å²) in [5, 5.41) is 9.75. The molecule has 0 saturated carbocycles. The van der Waals surface area contributed by atoms with Crippen LogP contribution in [0.5, 0.6) is 0 Å². The van der Waals surface area contributed by atoms with E-state index in [-0.39, 0.29) is 32.2 Å². The van der Waals surface area contributed by atoms with Gasteiger partial charge in [0.1, 0.15) is 13.2 Å². The molecule has 0 aromatic heterocycles. The highest BCUT2D eigenvalue weighted by Gasteiger charge is 2.25. The van der Waals surface area contributed by atoms with Crippen molar-refractivity contribution in [2.45, 2.75) is 296 Å². The van der Waals surface area contributed by atoms with Crippen LogP contribution in [0.15, 0.2) is 146 Å². The van der Waals surface area contributed by atoms with Crippen LogP contribution in [-0.4, -0.2) is 87.4 Å². The summed E-state index contributed by atoms with van der Waals surface area (Å²) in [6, 6.07) is 0. The standard InChI is InChI=1S/C80H133NO8/c1-6-8-10-12-14-16-18-20-22-24-26-28-30-32-33-34-35-36-37-38-39-40-41-42-43-44-45-47-49-51-53-55-57-59-61-63-65-67-69-71-78(83)89-76(75-88-80(79(84)85)86-73-72-81(3,4)5)74-87-77(82)70-68-66-64-62-60-58-56-54-52-50-48-46-31-29-27-25-23-21-19-17-15-13-11-9-7-2/h8-11,14-17,20-23,26-29,32-33,35-36,38-39,41-42,76,80H,6-7,12-13,18-19,24-25,30-31,34,37,40,43-75H2,1-5H3/p+1/b10-8-,11-9-,16-14-,17-15-,22-20-,23-21-,28-26-,29-27-,33-32-,36-35-,39-38-,42-41-. The molecular formula is C80H134NO8+. The molecule has 9 nitrogen and oxygen atoms in total. The Morgan fingerprint density at radius 1 is 0.337 bits per heavy atom. The third kappa shape index (κ3) is 70.5. The molecule has 0 aromatic rings. The summed E-state index contributed by atoms with van der Waals surface area (Å²) in [6.07, 6.45) is 98.2.